The number of carbonyl (C=O) groups excluding carboxylic acids is 2. The molecule has 1 aliphatic rings. The summed E-state index contributed by atoms with van der Waals surface area (Å²) >= 11 is 0. The molecule has 1 aliphatic carbocycles. The molecule has 170 valence electrons. The van der Waals surface area contributed by atoms with Crippen LogP contribution in [0.2, 0.25) is 0 Å². The number of ether oxygens (including phenoxy) is 1. The number of carbonyl (C=O) groups is 3. The molecule has 7 heteroatoms. The molecule has 0 saturated heterocycles. The minimum atomic E-state index is -1.08. The molecule has 1 atom stereocenters. The fourth-order valence-electron chi connectivity index (χ4n) is 4.03. The third-order valence-corrected chi connectivity index (χ3v) is 5.52. The first-order valence-electron chi connectivity index (χ1n) is 10.6. The van der Waals surface area contributed by atoms with Crippen LogP contribution in [0.3, 0.4) is 0 Å². The lowest BCUT2D eigenvalue weighted by Crippen LogP contribution is -2.49. The number of hydrogen-bond acceptors (Lipinski definition) is 4. The van der Waals surface area contributed by atoms with Crippen LogP contribution in [0.1, 0.15) is 29.9 Å². The van der Waals surface area contributed by atoms with E-state index in [4.69, 9.17) is 16.3 Å². The zero-order valence-electron chi connectivity index (χ0n) is 18.2. The molecule has 0 fully saturated rings. The maximum Gasteiger partial charge on any atom is 0.407 e. The lowest BCUT2D eigenvalue weighted by atomic mass is 9.98. The number of aliphatic carboxylic acids is 1. The Morgan fingerprint density at radius 1 is 1.15 bits per heavy atom. The first kappa shape index (κ1) is 23.6. The van der Waals surface area contributed by atoms with Crippen LogP contribution in [0.25, 0.3) is 11.1 Å². The quantitative estimate of drug-likeness (QED) is 0.431. The average molecular weight is 447 g/mol. The van der Waals surface area contributed by atoms with E-state index in [0.29, 0.717) is 0 Å². The summed E-state index contributed by atoms with van der Waals surface area (Å²) in [4.78, 5) is 37.9. The topological polar surface area (TPSA) is 95.9 Å². The highest BCUT2D eigenvalue weighted by Gasteiger charge is 2.30. The molecular weight excluding hydrogens is 420 g/mol. The summed E-state index contributed by atoms with van der Waals surface area (Å²) in [5, 5.41) is 11.6. The van der Waals surface area contributed by atoms with Crippen molar-refractivity contribution in [3.63, 3.8) is 0 Å². The molecule has 0 saturated carbocycles. The number of fused-ring (bicyclic) bond motifs is 3. The number of carboxylic acid groups (broad SMARTS) is 1. The third kappa shape index (κ3) is 5.60. The maximum atomic E-state index is 12.9. The van der Waals surface area contributed by atoms with Crippen LogP contribution in [0, 0.1) is 12.3 Å². The van der Waals surface area contributed by atoms with Crippen molar-refractivity contribution in [2.75, 3.05) is 19.7 Å². The lowest BCUT2D eigenvalue weighted by Gasteiger charge is -2.25. The van der Waals surface area contributed by atoms with E-state index in [1.165, 1.54) is 11.0 Å². The summed E-state index contributed by atoms with van der Waals surface area (Å²) < 4.78 is 5.50. The molecule has 2 aromatic rings. The van der Waals surface area contributed by atoms with E-state index in [0.717, 1.165) is 22.3 Å². The fraction of sp³-hybridized carbons (Fsp3) is 0.269. The second-order valence-corrected chi connectivity index (χ2v) is 7.67. The zero-order chi connectivity index (χ0) is 23.8. The van der Waals surface area contributed by atoms with Crippen LogP contribution in [-0.4, -0.2) is 53.7 Å². The van der Waals surface area contributed by atoms with E-state index in [1.807, 2.05) is 48.5 Å². The minimum Gasteiger partial charge on any atom is -0.481 e. The maximum absolute atomic E-state index is 12.9. The number of hydrogen-bond donors (Lipinski definition) is 2. The number of nitrogens with one attached hydrogen (secondary N) is 1. The van der Waals surface area contributed by atoms with Gasteiger partial charge in [-0.2, -0.15) is 0 Å². The van der Waals surface area contributed by atoms with Crippen molar-refractivity contribution in [2.45, 2.75) is 24.8 Å². The van der Waals surface area contributed by atoms with E-state index in [-0.39, 0.29) is 38.5 Å². The number of nitrogens with zero attached hydrogens (tertiary/aromatic N) is 1. The van der Waals surface area contributed by atoms with Crippen LogP contribution >= 0.6 is 0 Å². The normalized spacial score (nSPS) is 12.6. The molecule has 2 aromatic carbocycles. The SMILES string of the molecule is C#CCN(CC=C)C(=O)C(CCC(=O)O)NC(=O)OCC1c2ccccc2-c2ccccc21. The Morgan fingerprint density at radius 2 is 1.76 bits per heavy atom. The van der Waals surface area contributed by atoms with E-state index >= 15 is 0 Å². The molecular formula is C26H26N2O5. The predicted octanol–water partition coefficient (Wildman–Crippen LogP) is 3.41. The molecule has 33 heavy (non-hydrogen) atoms. The second kappa shape index (κ2) is 11.0. The molecule has 0 spiro atoms. The Morgan fingerprint density at radius 3 is 2.30 bits per heavy atom. The number of carboxylic acids is 1. The molecule has 7 nitrogen and oxygen atoms in total. The van der Waals surface area contributed by atoms with E-state index in [2.05, 4.69) is 17.8 Å². The van der Waals surface area contributed by atoms with E-state index in [1.54, 1.807) is 0 Å². The average Bonchev–Trinajstić information content (AvgIpc) is 3.13. The monoisotopic (exact) mass is 446 g/mol. The smallest absolute Gasteiger partial charge is 0.407 e. The summed E-state index contributed by atoms with van der Waals surface area (Å²) in [6.45, 7) is 3.88. The summed E-state index contributed by atoms with van der Waals surface area (Å²) in [5.41, 5.74) is 4.34. The summed E-state index contributed by atoms with van der Waals surface area (Å²) in [5.74, 6) is 0.697. The number of alkyl carbamates (subject to hydrolysis) is 1. The minimum absolute atomic E-state index is 0.0147. The molecule has 2 N–H and O–H groups in total. The summed E-state index contributed by atoms with van der Waals surface area (Å²) in [7, 11) is 0. The van der Waals surface area contributed by atoms with Gasteiger partial charge < -0.3 is 20.1 Å². The summed E-state index contributed by atoms with van der Waals surface area (Å²) in [6, 6.07) is 14.8. The first-order valence-corrected chi connectivity index (χ1v) is 10.6. The van der Waals surface area contributed by atoms with Gasteiger partial charge in [-0.15, -0.1) is 13.0 Å². The van der Waals surface area contributed by atoms with Crippen molar-refractivity contribution in [2.24, 2.45) is 0 Å². The van der Waals surface area contributed by atoms with Crippen molar-refractivity contribution in [3.05, 3.63) is 72.3 Å². The van der Waals surface area contributed by atoms with Gasteiger partial charge >= 0.3 is 12.1 Å². The largest absolute Gasteiger partial charge is 0.481 e. The van der Waals surface area contributed by atoms with Gasteiger partial charge in [-0.25, -0.2) is 4.79 Å². The van der Waals surface area contributed by atoms with E-state index < -0.39 is 24.0 Å². The fourth-order valence-corrected chi connectivity index (χ4v) is 4.03. The van der Waals surface area contributed by atoms with Gasteiger partial charge in [-0.05, 0) is 28.7 Å². The third-order valence-electron chi connectivity index (χ3n) is 5.52. The molecule has 0 radical (unpaired) electrons. The summed E-state index contributed by atoms with van der Waals surface area (Å²) in [6.07, 6.45) is 5.67. The standard InChI is InChI=1S/C26H26N2O5/c1-3-15-28(16-4-2)25(31)23(13-14-24(29)30)27-26(32)33-17-22-20-11-7-5-9-18(20)19-10-6-8-12-21(19)22/h1,4-12,22-23H,2,13-17H2,(H,27,32)(H,29,30). The van der Waals surface area contributed by atoms with Crippen LogP contribution < -0.4 is 5.32 Å². The molecule has 0 aromatic heterocycles. The van der Waals surface area contributed by atoms with E-state index in [9.17, 15) is 14.4 Å². The molecule has 0 bridgehead atoms. The van der Waals surface area contributed by atoms with Crippen molar-refractivity contribution < 1.29 is 24.2 Å². The van der Waals surface area contributed by atoms with Crippen molar-refractivity contribution in [3.8, 4) is 23.5 Å². The van der Waals surface area contributed by atoms with Gasteiger partial charge in [0.2, 0.25) is 5.91 Å². The Labute approximate surface area is 193 Å². The highest BCUT2D eigenvalue weighted by atomic mass is 16.5. The molecule has 0 aliphatic heterocycles. The number of benzene rings is 2. The number of terminal acetylenes is 1. The Hall–Kier alpha value is -4.05. The van der Waals surface area contributed by atoms with Crippen LogP contribution in [0.4, 0.5) is 4.79 Å². The Balaban J connectivity index is 1.70. The Bertz CT molecular complexity index is 1040. The van der Waals surface area contributed by atoms with Crippen LogP contribution in [0.5, 0.6) is 0 Å². The van der Waals surface area contributed by atoms with Crippen LogP contribution in [-0.2, 0) is 14.3 Å². The van der Waals surface area contributed by atoms with Gasteiger partial charge in [-0.1, -0.05) is 60.5 Å². The first-order chi connectivity index (χ1) is 16.0. The van der Waals surface area contributed by atoms with Gasteiger partial charge in [0.05, 0.1) is 6.54 Å². The second-order valence-electron chi connectivity index (χ2n) is 7.67. The zero-order valence-corrected chi connectivity index (χ0v) is 18.2. The molecule has 1 unspecified atom stereocenters. The van der Waals surface area contributed by atoms with Gasteiger partial charge in [0.1, 0.15) is 12.6 Å². The molecule has 2 amide bonds. The van der Waals surface area contributed by atoms with Crippen molar-refractivity contribution >= 4 is 18.0 Å². The van der Waals surface area contributed by atoms with Crippen molar-refractivity contribution in [1.82, 2.24) is 10.2 Å². The van der Waals surface area contributed by atoms with Crippen molar-refractivity contribution in [1.29, 1.82) is 0 Å². The molecule has 0 heterocycles. The van der Waals surface area contributed by atoms with Gasteiger partial charge in [0.15, 0.2) is 0 Å². The Kier molecular flexibility index (Phi) is 7.87. The number of rotatable bonds is 10. The van der Waals surface area contributed by atoms with Crippen LogP contribution in [0.15, 0.2) is 61.2 Å². The van der Waals surface area contributed by atoms with Gasteiger partial charge in [0.25, 0.3) is 0 Å². The molecule has 3 rings (SSSR count). The highest BCUT2D eigenvalue weighted by Crippen LogP contribution is 2.44. The predicted molar refractivity (Wildman–Crippen MR) is 124 cm³/mol. The lowest BCUT2D eigenvalue weighted by molar-refractivity contribution is -0.137. The van der Waals surface area contributed by atoms with Gasteiger partial charge in [-0.3, -0.25) is 9.59 Å². The van der Waals surface area contributed by atoms with Gasteiger partial charge in [0, 0.05) is 18.9 Å². The number of amides is 2. The highest BCUT2D eigenvalue weighted by molar-refractivity contribution is 5.86.